The van der Waals surface area contributed by atoms with E-state index >= 15 is 0 Å². The standard InChI is InChI=1S/C17H23NO/c1-16(2)13-9-10-17(16,3)14(11-13)18-15(19)12-7-5-4-6-8-12/h4-8,13-14H,9-11H2,1-3H3,(H,18,19)/t13-,14+,17+/m1/s1. The van der Waals surface area contributed by atoms with Crippen LogP contribution in [0.1, 0.15) is 50.4 Å². The molecule has 19 heavy (non-hydrogen) atoms. The summed E-state index contributed by atoms with van der Waals surface area (Å²) in [5.41, 5.74) is 1.37. The fraction of sp³-hybridized carbons (Fsp3) is 0.588. The highest BCUT2D eigenvalue weighted by Gasteiger charge is 2.61. The van der Waals surface area contributed by atoms with Crippen LogP contribution in [0.5, 0.6) is 0 Å². The summed E-state index contributed by atoms with van der Waals surface area (Å²) in [5, 5.41) is 3.28. The molecule has 0 saturated heterocycles. The van der Waals surface area contributed by atoms with Crippen LogP contribution in [0.15, 0.2) is 30.3 Å². The third-order valence-electron chi connectivity index (χ3n) is 6.14. The zero-order valence-corrected chi connectivity index (χ0v) is 12.1. The van der Waals surface area contributed by atoms with Crippen molar-refractivity contribution in [3.63, 3.8) is 0 Å². The molecule has 1 amide bonds. The Hall–Kier alpha value is -1.31. The summed E-state index contributed by atoms with van der Waals surface area (Å²) >= 11 is 0. The number of nitrogens with one attached hydrogen (secondary N) is 1. The number of carbonyl (C=O) groups excluding carboxylic acids is 1. The number of fused-ring (bicyclic) bond motifs is 2. The molecule has 0 spiro atoms. The average molecular weight is 257 g/mol. The molecule has 3 rings (SSSR count). The fourth-order valence-electron chi connectivity index (χ4n) is 4.25. The van der Waals surface area contributed by atoms with Gasteiger partial charge in [0, 0.05) is 11.6 Å². The van der Waals surface area contributed by atoms with Gasteiger partial charge in [-0.3, -0.25) is 4.79 Å². The normalized spacial score (nSPS) is 35.3. The van der Waals surface area contributed by atoms with Crippen molar-refractivity contribution in [1.82, 2.24) is 5.32 Å². The van der Waals surface area contributed by atoms with Crippen molar-refractivity contribution in [3.8, 4) is 0 Å². The predicted octanol–water partition coefficient (Wildman–Crippen LogP) is 3.63. The Morgan fingerprint density at radius 3 is 2.42 bits per heavy atom. The Balaban J connectivity index is 1.78. The van der Waals surface area contributed by atoms with E-state index in [1.165, 1.54) is 12.8 Å². The van der Waals surface area contributed by atoms with Crippen LogP contribution in [0.25, 0.3) is 0 Å². The smallest absolute Gasteiger partial charge is 0.251 e. The first-order valence-corrected chi connectivity index (χ1v) is 7.31. The van der Waals surface area contributed by atoms with Gasteiger partial charge in [0.1, 0.15) is 0 Å². The molecular formula is C17H23NO. The number of hydrogen-bond donors (Lipinski definition) is 1. The SMILES string of the molecule is CC1(C)[C@@H]2CC[C@@]1(C)[C@@H](NC(=O)c1ccccc1)C2. The fourth-order valence-corrected chi connectivity index (χ4v) is 4.25. The highest BCUT2D eigenvalue weighted by molar-refractivity contribution is 5.94. The first-order chi connectivity index (χ1) is 8.95. The summed E-state index contributed by atoms with van der Waals surface area (Å²) in [4.78, 5) is 12.3. The molecule has 2 aliphatic rings. The Labute approximate surface area is 115 Å². The van der Waals surface area contributed by atoms with Gasteiger partial charge in [0.25, 0.3) is 5.91 Å². The van der Waals surface area contributed by atoms with Gasteiger partial charge >= 0.3 is 0 Å². The van der Waals surface area contributed by atoms with E-state index in [1.807, 2.05) is 30.3 Å². The van der Waals surface area contributed by atoms with Gasteiger partial charge in [-0.15, -0.1) is 0 Å². The van der Waals surface area contributed by atoms with Gasteiger partial charge in [-0.2, -0.15) is 0 Å². The quantitative estimate of drug-likeness (QED) is 0.861. The van der Waals surface area contributed by atoms with E-state index < -0.39 is 0 Å². The van der Waals surface area contributed by atoms with Gasteiger partial charge in [0.15, 0.2) is 0 Å². The lowest BCUT2D eigenvalue weighted by molar-refractivity contribution is 0.0826. The zero-order valence-electron chi connectivity index (χ0n) is 12.1. The average Bonchev–Trinajstić information content (AvgIpc) is 2.73. The topological polar surface area (TPSA) is 29.1 Å². The van der Waals surface area contributed by atoms with Crippen LogP contribution < -0.4 is 5.32 Å². The molecule has 3 atom stereocenters. The highest BCUT2D eigenvalue weighted by Crippen LogP contribution is 2.65. The summed E-state index contributed by atoms with van der Waals surface area (Å²) in [5.74, 6) is 0.841. The van der Waals surface area contributed by atoms with Crippen molar-refractivity contribution in [1.29, 1.82) is 0 Å². The van der Waals surface area contributed by atoms with E-state index in [0.717, 1.165) is 17.9 Å². The van der Waals surface area contributed by atoms with Crippen LogP contribution >= 0.6 is 0 Å². The summed E-state index contributed by atoms with van der Waals surface area (Å²) in [6.07, 6.45) is 3.70. The number of rotatable bonds is 2. The predicted molar refractivity (Wildman–Crippen MR) is 76.9 cm³/mol. The van der Waals surface area contributed by atoms with Crippen LogP contribution in [0.2, 0.25) is 0 Å². The number of hydrogen-bond acceptors (Lipinski definition) is 1. The molecule has 0 radical (unpaired) electrons. The van der Waals surface area contributed by atoms with Crippen molar-refractivity contribution < 1.29 is 4.79 Å². The molecule has 2 nitrogen and oxygen atoms in total. The molecule has 2 heteroatoms. The van der Waals surface area contributed by atoms with E-state index in [4.69, 9.17) is 0 Å². The molecule has 2 saturated carbocycles. The van der Waals surface area contributed by atoms with Crippen LogP contribution in [0.3, 0.4) is 0 Å². The molecule has 2 bridgehead atoms. The van der Waals surface area contributed by atoms with Crippen molar-refractivity contribution in [2.75, 3.05) is 0 Å². The van der Waals surface area contributed by atoms with Gasteiger partial charge in [-0.1, -0.05) is 39.0 Å². The largest absolute Gasteiger partial charge is 0.349 e. The molecular weight excluding hydrogens is 234 g/mol. The molecule has 0 unspecified atom stereocenters. The Morgan fingerprint density at radius 2 is 1.89 bits per heavy atom. The van der Waals surface area contributed by atoms with Crippen LogP contribution in [0, 0.1) is 16.7 Å². The van der Waals surface area contributed by atoms with Crippen molar-refractivity contribution >= 4 is 5.91 Å². The highest BCUT2D eigenvalue weighted by atomic mass is 16.1. The maximum absolute atomic E-state index is 12.3. The molecule has 102 valence electrons. The second-order valence-corrected chi connectivity index (χ2v) is 7.00. The van der Waals surface area contributed by atoms with E-state index in [0.29, 0.717) is 11.5 Å². The van der Waals surface area contributed by atoms with Crippen LogP contribution in [0.4, 0.5) is 0 Å². The van der Waals surface area contributed by atoms with Crippen molar-refractivity contribution in [3.05, 3.63) is 35.9 Å². The first kappa shape index (κ1) is 12.7. The van der Waals surface area contributed by atoms with E-state index in [9.17, 15) is 4.79 Å². The number of benzene rings is 1. The summed E-state index contributed by atoms with van der Waals surface area (Å²) < 4.78 is 0. The summed E-state index contributed by atoms with van der Waals surface area (Å²) in [6.45, 7) is 7.11. The summed E-state index contributed by atoms with van der Waals surface area (Å²) in [7, 11) is 0. The van der Waals surface area contributed by atoms with Crippen LogP contribution in [-0.4, -0.2) is 11.9 Å². The minimum atomic E-state index is 0.0789. The number of carbonyl (C=O) groups is 1. The lowest BCUT2D eigenvalue weighted by atomic mass is 9.69. The van der Waals surface area contributed by atoms with Gasteiger partial charge in [-0.25, -0.2) is 0 Å². The third-order valence-corrected chi connectivity index (χ3v) is 6.14. The molecule has 1 aromatic rings. The van der Waals surface area contributed by atoms with Crippen molar-refractivity contribution in [2.45, 2.75) is 46.1 Å². The molecule has 2 aliphatic carbocycles. The minimum Gasteiger partial charge on any atom is -0.349 e. The van der Waals surface area contributed by atoms with Gasteiger partial charge in [-0.05, 0) is 48.1 Å². The molecule has 1 aromatic carbocycles. The minimum absolute atomic E-state index is 0.0789. The van der Waals surface area contributed by atoms with E-state index in [-0.39, 0.29) is 11.3 Å². The number of amides is 1. The van der Waals surface area contributed by atoms with Crippen molar-refractivity contribution in [2.24, 2.45) is 16.7 Å². The lowest BCUT2D eigenvalue weighted by Gasteiger charge is -2.39. The summed E-state index contributed by atoms with van der Waals surface area (Å²) in [6, 6.07) is 9.88. The lowest BCUT2D eigenvalue weighted by Crippen LogP contribution is -2.46. The van der Waals surface area contributed by atoms with Crippen LogP contribution in [-0.2, 0) is 0 Å². The molecule has 0 heterocycles. The van der Waals surface area contributed by atoms with E-state index in [1.54, 1.807) is 0 Å². The Bertz CT molecular complexity index is 493. The second kappa shape index (κ2) is 4.09. The monoisotopic (exact) mass is 257 g/mol. The molecule has 0 aromatic heterocycles. The molecule has 0 aliphatic heterocycles. The molecule has 2 fully saturated rings. The molecule has 1 N–H and O–H groups in total. The first-order valence-electron chi connectivity index (χ1n) is 7.31. The van der Waals surface area contributed by atoms with Gasteiger partial charge in [0.05, 0.1) is 0 Å². The van der Waals surface area contributed by atoms with E-state index in [2.05, 4.69) is 26.1 Å². The Kier molecular flexibility index (Phi) is 2.74. The third kappa shape index (κ3) is 1.73. The maximum Gasteiger partial charge on any atom is 0.251 e. The van der Waals surface area contributed by atoms with Gasteiger partial charge < -0.3 is 5.32 Å². The zero-order chi connectivity index (χ0) is 13.7. The Morgan fingerprint density at radius 1 is 1.21 bits per heavy atom. The maximum atomic E-state index is 12.3. The second-order valence-electron chi connectivity index (χ2n) is 7.00. The van der Waals surface area contributed by atoms with Gasteiger partial charge in [0.2, 0.25) is 0 Å².